The van der Waals surface area contributed by atoms with Crippen molar-refractivity contribution < 1.29 is 23.9 Å². The third-order valence-electron chi connectivity index (χ3n) is 2.31. The van der Waals surface area contributed by atoms with Crippen LogP contribution in [0.3, 0.4) is 0 Å². The fourth-order valence-corrected chi connectivity index (χ4v) is 1.50. The van der Waals surface area contributed by atoms with Gasteiger partial charge in [-0.25, -0.2) is 4.39 Å². The van der Waals surface area contributed by atoms with Crippen LogP contribution in [0.5, 0.6) is 0 Å². The summed E-state index contributed by atoms with van der Waals surface area (Å²) >= 11 is 0. The lowest BCUT2D eigenvalue weighted by atomic mass is 9.79. The number of ether oxygens (including phenoxy) is 2. The van der Waals surface area contributed by atoms with Gasteiger partial charge in [0.25, 0.3) is 0 Å². The molecule has 0 amide bonds. The summed E-state index contributed by atoms with van der Waals surface area (Å²) < 4.78 is 24.0. The second kappa shape index (κ2) is 7.00. The molecule has 0 aromatic heterocycles. The van der Waals surface area contributed by atoms with Crippen LogP contribution in [0.2, 0.25) is 0 Å². The maximum Gasteiger partial charge on any atom is 0.488 e. The lowest BCUT2D eigenvalue weighted by Crippen LogP contribution is -2.30. The van der Waals surface area contributed by atoms with Crippen molar-refractivity contribution in [2.45, 2.75) is 33.0 Å². The highest BCUT2D eigenvalue weighted by molar-refractivity contribution is 6.58. The van der Waals surface area contributed by atoms with Crippen LogP contribution in [0.25, 0.3) is 0 Å². The molecule has 1 aromatic carbocycles. The minimum Gasteiger partial charge on any atom is -0.423 e. The maximum absolute atomic E-state index is 13.2. The Morgan fingerprint density at radius 3 is 2.42 bits per heavy atom. The van der Waals surface area contributed by atoms with E-state index in [0.29, 0.717) is 18.8 Å². The number of benzene rings is 1. The van der Waals surface area contributed by atoms with Crippen LogP contribution in [-0.2, 0) is 16.1 Å². The molecule has 4 nitrogen and oxygen atoms in total. The molecule has 106 valence electrons. The van der Waals surface area contributed by atoms with Gasteiger partial charge in [-0.05, 0) is 43.9 Å². The van der Waals surface area contributed by atoms with Crippen LogP contribution in [-0.4, -0.2) is 36.0 Å². The smallest absolute Gasteiger partial charge is 0.423 e. The Kier molecular flexibility index (Phi) is 5.94. The molecule has 0 spiro atoms. The van der Waals surface area contributed by atoms with E-state index < -0.39 is 12.9 Å². The zero-order chi connectivity index (χ0) is 14.5. The molecule has 0 bridgehead atoms. The highest BCUT2D eigenvalue weighted by Gasteiger charge is 2.13. The van der Waals surface area contributed by atoms with Gasteiger partial charge in [0.05, 0.1) is 25.4 Å². The summed E-state index contributed by atoms with van der Waals surface area (Å²) in [6.45, 7) is 6.90. The van der Waals surface area contributed by atoms with Crippen LogP contribution in [0.15, 0.2) is 18.2 Å². The predicted molar refractivity (Wildman–Crippen MR) is 71.6 cm³/mol. The van der Waals surface area contributed by atoms with Crippen LogP contribution in [0.4, 0.5) is 4.39 Å². The fraction of sp³-hybridized carbons (Fsp3) is 0.538. The number of hydrogen-bond donors (Lipinski definition) is 2. The zero-order valence-electron chi connectivity index (χ0n) is 11.5. The van der Waals surface area contributed by atoms with Crippen molar-refractivity contribution in [1.29, 1.82) is 0 Å². The molecular formula is C13H20BFO4. The van der Waals surface area contributed by atoms with Crippen molar-refractivity contribution in [1.82, 2.24) is 0 Å². The van der Waals surface area contributed by atoms with Gasteiger partial charge < -0.3 is 19.5 Å². The van der Waals surface area contributed by atoms with Gasteiger partial charge in [-0.3, -0.25) is 0 Å². The highest BCUT2D eigenvalue weighted by atomic mass is 19.1. The molecule has 0 aliphatic heterocycles. The first-order valence-electron chi connectivity index (χ1n) is 6.15. The SMILES string of the molecule is CC(C)(C)OCCOCc1cc(F)cc(B(O)O)c1. The van der Waals surface area contributed by atoms with E-state index in [2.05, 4.69) is 0 Å². The Morgan fingerprint density at radius 2 is 1.84 bits per heavy atom. The Bertz CT molecular complexity index is 404. The van der Waals surface area contributed by atoms with E-state index in [1.807, 2.05) is 20.8 Å². The molecule has 2 N–H and O–H groups in total. The van der Waals surface area contributed by atoms with Gasteiger partial charge in [-0.1, -0.05) is 6.07 Å². The monoisotopic (exact) mass is 270 g/mol. The number of hydrogen-bond acceptors (Lipinski definition) is 4. The summed E-state index contributed by atoms with van der Waals surface area (Å²) in [4.78, 5) is 0. The van der Waals surface area contributed by atoms with Crippen LogP contribution in [0, 0.1) is 5.82 Å². The summed E-state index contributed by atoms with van der Waals surface area (Å²) in [6.07, 6.45) is 0. The molecule has 6 heteroatoms. The second-order valence-corrected chi connectivity index (χ2v) is 5.28. The van der Waals surface area contributed by atoms with E-state index in [4.69, 9.17) is 19.5 Å². The molecule has 1 rings (SSSR count). The van der Waals surface area contributed by atoms with E-state index >= 15 is 0 Å². The van der Waals surface area contributed by atoms with Crippen molar-refractivity contribution in [2.24, 2.45) is 0 Å². The topological polar surface area (TPSA) is 58.9 Å². The molecule has 0 atom stereocenters. The summed E-state index contributed by atoms with van der Waals surface area (Å²) in [6, 6.07) is 3.88. The van der Waals surface area contributed by atoms with Crippen LogP contribution >= 0.6 is 0 Å². The lowest BCUT2D eigenvalue weighted by Gasteiger charge is -2.19. The third-order valence-corrected chi connectivity index (χ3v) is 2.31. The molecule has 0 aliphatic carbocycles. The molecule has 0 radical (unpaired) electrons. The van der Waals surface area contributed by atoms with Crippen molar-refractivity contribution in [3.63, 3.8) is 0 Å². The average Bonchev–Trinajstić information content (AvgIpc) is 2.26. The van der Waals surface area contributed by atoms with Gasteiger partial charge in [0, 0.05) is 0 Å². The maximum atomic E-state index is 13.2. The van der Waals surface area contributed by atoms with Gasteiger partial charge in [-0.2, -0.15) is 0 Å². The summed E-state index contributed by atoms with van der Waals surface area (Å²) in [7, 11) is -1.68. The van der Waals surface area contributed by atoms with E-state index in [0.717, 1.165) is 6.07 Å². The molecule has 19 heavy (non-hydrogen) atoms. The Hall–Kier alpha value is -0.945. The van der Waals surface area contributed by atoms with Gasteiger partial charge in [0.1, 0.15) is 5.82 Å². The van der Waals surface area contributed by atoms with Crippen molar-refractivity contribution in [3.8, 4) is 0 Å². The highest BCUT2D eigenvalue weighted by Crippen LogP contribution is 2.07. The average molecular weight is 270 g/mol. The molecule has 0 saturated heterocycles. The normalized spacial score (nSPS) is 11.7. The van der Waals surface area contributed by atoms with Crippen molar-refractivity contribution >= 4 is 12.6 Å². The van der Waals surface area contributed by atoms with Gasteiger partial charge in [-0.15, -0.1) is 0 Å². The first-order valence-corrected chi connectivity index (χ1v) is 6.15. The molecule has 0 aliphatic rings. The molecule has 0 heterocycles. The largest absolute Gasteiger partial charge is 0.488 e. The van der Waals surface area contributed by atoms with Crippen molar-refractivity contribution in [2.75, 3.05) is 13.2 Å². The second-order valence-electron chi connectivity index (χ2n) is 5.28. The van der Waals surface area contributed by atoms with E-state index in [1.165, 1.54) is 12.1 Å². The van der Waals surface area contributed by atoms with E-state index in [9.17, 15) is 4.39 Å². The molecule has 0 fully saturated rings. The molecule has 0 saturated carbocycles. The summed E-state index contributed by atoms with van der Waals surface area (Å²) in [5, 5.41) is 18.0. The van der Waals surface area contributed by atoms with Gasteiger partial charge in [0.2, 0.25) is 0 Å². The Morgan fingerprint density at radius 1 is 1.16 bits per heavy atom. The summed E-state index contributed by atoms with van der Waals surface area (Å²) in [5.74, 6) is -0.518. The Labute approximate surface area is 113 Å². The van der Waals surface area contributed by atoms with Gasteiger partial charge in [0.15, 0.2) is 0 Å². The fourth-order valence-electron chi connectivity index (χ4n) is 1.50. The Balaban J connectivity index is 2.41. The molecule has 1 aromatic rings. The number of rotatable bonds is 6. The van der Waals surface area contributed by atoms with E-state index in [1.54, 1.807) is 0 Å². The predicted octanol–water partition coefficient (Wildman–Crippen LogP) is 0.837. The van der Waals surface area contributed by atoms with Crippen LogP contribution in [0.1, 0.15) is 26.3 Å². The third kappa shape index (κ3) is 6.68. The first kappa shape index (κ1) is 16.1. The standard InChI is InChI=1S/C13H20BFO4/c1-13(2,3)19-5-4-18-9-10-6-11(14(16)17)8-12(15)7-10/h6-8,16-17H,4-5,9H2,1-3H3. The van der Waals surface area contributed by atoms with Crippen LogP contribution < -0.4 is 5.46 Å². The lowest BCUT2D eigenvalue weighted by molar-refractivity contribution is -0.0376. The number of halogens is 1. The molecule has 0 unspecified atom stereocenters. The zero-order valence-corrected chi connectivity index (χ0v) is 11.5. The summed E-state index contributed by atoms with van der Waals surface area (Å²) in [5.41, 5.74) is 0.458. The minimum atomic E-state index is -1.68. The van der Waals surface area contributed by atoms with E-state index in [-0.39, 0.29) is 17.7 Å². The quantitative estimate of drug-likeness (QED) is 0.594. The van der Waals surface area contributed by atoms with Gasteiger partial charge >= 0.3 is 7.12 Å². The molecular weight excluding hydrogens is 250 g/mol. The first-order chi connectivity index (χ1) is 8.78. The van der Waals surface area contributed by atoms with Crippen molar-refractivity contribution in [3.05, 3.63) is 29.6 Å². The minimum absolute atomic E-state index is 0.115.